The number of imide groups is 1. The summed E-state index contributed by atoms with van der Waals surface area (Å²) in [6.45, 7) is 0. The highest BCUT2D eigenvalue weighted by Gasteiger charge is 2.27. The number of hydrogen-bond acceptors (Lipinski definition) is 4. The third-order valence-corrected chi connectivity index (χ3v) is 4.38. The lowest BCUT2D eigenvalue weighted by Gasteiger charge is -2.28. The summed E-state index contributed by atoms with van der Waals surface area (Å²) in [6.07, 6.45) is 10.5. The number of carbonyl (C=O) groups excluding carboxylic acids is 2. The van der Waals surface area contributed by atoms with Gasteiger partial charge < -0.3 is 9.84 Å². The minimum Gasteiger partial charge on any atom is -0.504 e. The standard InChI is InChI=1S/C23H21NO4/c1-28-21-16-18(11-14-20(21)25)12-15-23(27)24-19(8-5-9-22(24)26)13-10-17-6-3-2-4-7-17/h2-7,9-16,19,25H,8H2,1H3/b13-10+,15-12+. The van der Waals surface area contributed by atoms with E-state index >= 15 is 0 Å². The Morgan fingerprint density at radius 2 is 1.93 bits per heavy atom. The lowest BCUT2D eigenvalue weighted by molar-refractivity contribution is -0.140. The number of benzene rings is 2. The van der Waals surface area contributed by atoms with Crippen molar-refractivity contribution in [2.75, 3.05) is 7.11 Å². The second-order valence-electron chi connectivity index (χ2n) is 6.29. The van der Waals surface area contributed by atoms with Crippen molar-refractivity contribution in [3.63, 3.8) is 0 Å². The van der Waals surface area contributed by atoms with Crippen molar-refractivity contribution in [2.24, 2.45) is 0 Å². The predicted octanol–water partition coefficient (Wildman–Crippen LogP) is 3.81. The molecule has 28 heavy (non-hydrogen) atoms. The molecule has 1 aliphatic rings. The third kappa shape index (κ3) is 4.57. The maximum atomic E-state index is 12.7. The minimum atomic E-state index is -0.399. The van der Waals surface area contributed by atoms with Gasteiger partial charge in [0.1, 0.15) is 0 Å². The molecule has 5 nitrogen and oxygen atoms in total. The molecule has 1 N–H and O–H groups in total. The molecule has 2 aromatic carbocycles. The van der Waals surface area contributed by atoms with Gasteiger partial charge in [0.2, 0.25) is 0 Å². The number of carbonyl (C=O) groups is 2. The zero-order valence-corrected chi connectivity index (χ0v) is 15.5. The van der Waals surface area contributed by atoms with Crippen LogP contribution < -0.4 is 4.74 Å². The Labute approximate surface area is 163 Å². The van der Waals surface area contributed by atoms with E-state index in [-0.39, 0.29) is 17.7 Å². The van der Waals surface area contributed by atoms with Crippen molar-refractivity contribution in [3.05, 3.63) is 84.0 Å². The van der Waals surface area contributed by atoms with Crippen molar-refractivity contribution in [2.45, 2.75) is 12.5 Å². The molecule has 5 heteroatoms. The lowest BCUT2D eigenvalue weighted by atomic mass is 10.0. The first-order chi connectivity index (χ1) is 13.6. The second-order valence-corrected chi connectivity index (χ2v) is 6.29. The number of ether oxygens (including phenoxy) is 1. The fourth-order valence-corrected chi connectivity index (χ4v) is 2.93. The maximum Gasteiger partial charge on any atom is 0.254 e. The average molecular weight is 375 g/mol. The molecule has 0 radical (unpaired) electrons. The van der Waals surface area contributed by atoms with E-state index < -0.39 is 5.91 Å². The molecule has 1 atom stereocenters. The molecule has 142 valence electrons. The Hall–Kier alpha value is -3.60. The number of methoxy groups -OCH3 is 1. The Bertz CT molecular complexity index is 944. The highest BCUT2D eigenvalue weighted by Crippen LogP contribution is 2.27. The molecule has 0 saturated heterocycles. The van der Waals surface area contributed by atoms with Crippen molar-refractivity contribution in [1.29, 1.82) is 0 Å². The van der Waals surface area contributed by atoms with Crippen LogP contribution in [0.5, 0.6) is 11.5 Å². The largest absolute Gasteiger partial charge is 0.504 e. The van der Waals surface area contributed by atoms with Crippen LogP contribution in [-0.2, 0) is 9.59 Å². The number of phenolic OH excluding ortho intramolecular Hbond substituents is 1. The Balaban J connectivity index is 1.78. The van der Waals surface area contributed by atoms with Crippen LogP contribution in [0.1, 0.15) is 17.5 Å². The average Bonchev–Trinajstić information content (AvgIpc) is 2.72. The molecule has 2 amide bonds. The number of rotatable bonds is 5. The number of nitrogens with zero attached hydrogens (tertiary/aromatic N) is 1. The summed E-state index contributed by atoms with van der Waals surface area (Å²) in [5.74, 6) is -0.403. The number of aromatic hydroxyl groups is 1. The van der Waals surface area contributed by atoms with E-state index in [1.807, 2.05) is 42.5 Å². The van der Waals surface area contributed by atoms with Gasteiger partial charge in [0.25, 0.3) is 11.8 Å². The summed E-state index contributed by atoms with van der Waals surface area (Å²) < 4.78 is 5.07. The van der Waals surface area contributed by atoms with Crippen LogP contribution in [0.4, 0.5) is 0 Å². The van der Waals surface area contributed by atoms with Crippen LogP contribution in [-0.4, -0.2) is 35.0 Å². The van der Waals surface area contributed by atoms with E-state index in [2.05, 4.69) is 0 Å². The van der Waals surface area contributed by atoms with Crippen molar-refractivity contribution in [3.8, 4) is 11.5 Å². The molecule has 0 aromatic heterocycles. The molecule has 1 heterocycles. The summed E-state index contributed by atoms with van der Waals surface area (Å²) in [6, 6.07) is 14.1. The van der Waals surface area contributed by atoms with Crippen molar-refractivity contribution < 1.29 is 19.4 Å². The van der Waals surface area contributed by atoms with Crippen LogP contribution in [0.15, 0.2) is 72.8 Å². The number of amides is 2. The van der Waals surface area contributed by atoms with Crippen LogP contribution in [0, 0.1) is 0 Å². The van der Waals surface area contributed by atoms with Crippen LogP contribution in [0.2, 0.25) is 0 Å². The summed E-state index contributed by atoms with van der Waals surface area (Å²) in [7, 11) is 1.45. The first-order valence-corrected chi connectivity index (χ1v) is 8.90. The SMILES string of the molecule is COc1cc(/C=C/C(=O)N2C(=O)C=CCC2/C=C/c2ccccc2)ccc1O. The van der Waals surface area contributed by atoms with Gasteiger partial charge >= 0.3 is 0 Å². The van der Waals surface area contributed by atoms with E-state index in [4.69, 9.17) is 4.74 Å². The van der Waals surface area contributed by atoms with E-state index in [1.54, 1.807) is 24.3 Å². The zero-order chi connectivity index (χ0) is 19.9. The minimum absolute atomic E-state index is 0.0217. The van der Waals surface area contributed by atoms with Crippen LogP contribution in [0.3, 0.4) is 0 Å². The monoisotopic (exact) mass is 375 g/mol. The van der Waals surface area contributed by atoms with Crippen LogP contribution >= 0.6 is 0 Å². The van der Waals surface area contributed by atoms with Gasteiger partial charge in [0, 0.05) is 6.08 Å². The number of hydrogen-bond donors (Lipinski definition) is 1. The van der Waals surface area contributed by atoms with Crippen molar-refractivity contribution in [1.82, 2.24) is 4.90 Å². The molecule has 3 rings (SSSR count). The summed E-state index contributed by atoms with van der Waals surface area (Å²) in [5.41, 5.74) is 1.68. The van der Waals surface area contributed by atoms with Gasteiger partial charge in [-0.25, -0.2) is 0 Å². The molecule has 2 aromatic rings. The first-order valence-electron chi connectivity index (χ1n) is 8.90. The lowest BCUT2D eigenvalue weighted by Crippen LogP contribution is -2.43. The fourth-order valence-electron chi connectivity index (χ4n) is 2.93. The van der Waals surface area contributed by atoms with Gasteiger partial charge in [0.05, 0.1) is 13.2 Å². The second kappa shape index (κ2) is 8.86. The molecule has 0 fully saturated rings. The van der Waals surface area contributed by atoms with Crippen molar-refractivity contribution >= 4 is 24.0 Å². The van der Waals surface area contributed by atoms with E-state index in [1.165, 1.54) is 30.2 Å². The molecule has 0 spiro atoms. The highest BCUT2D eigenvalue weighted by molar-refractivity contribution is 6.07. The first kappa shape index (κ1) is 19.2. The van der Waals surface area contributed by atoms with Gasteiger partial charge in [-0.2, -0.15) is 0 Å². The molecule has 1 aliphatic heterocycles. The van der Waals surface area contributed by atoms with Gasteiger partial charge in [-0.1, -0.05) is 54.6 Å². The predicted molar refractivity (Wildman–Crippen MR) is 109 cm³/mol. The van der Waals surface area contributed by atoms with Gasteiger partial charge in [0.15, 0.2) is 11.5 Å². The molecular weight excluding hydrogens is 354 g/mol. The smallest absolute Gasteiger partial charge is 0.254 e. The molecule has 0 bridgehead atoms. The summed E-state index contributed by atoms with van der Waals surface area (Å²) >= 11 is 0. The van der Waals surface area contributed by atoms with E-state index in [0.717, 1.165) is 5.56 Å². The van der Waals surface area contributed by atoms with Gasteiger partial charge in [-0.05, 0) is 41.8 Å². The van der Waals surface area contributed by atoms with Crippen LogP contribution in [0.25, 0.3) is 12.2 Å². The van der Waals surface area contributed by atoms with Gasteiger partial charge in [-0.3, -0.25) is 14.5 Å². The molecule has 0 saturated carbocycles. The van der Waals surface area contributed by atoms with E-state index in [0.29, 0.717) is 17.7 Å². The zero-order valence-electron chi connectivity index (χ0n) is 15.5. The molecule has 0 aliphatic carbocycles. The van der Waals surface area contributed by atoms with E-state index in [9.17, 15) is 14.7 Å². The summed E-state index contributed by atoms with van der Waals surface area (Å²) in [5, 5.41) is 9.65. The Kier molecular flexibility index (Phi) is 6.07. The maximum absolute atomic E-state index is 12.7. The normalized spacial score (nSPS) is 16.8. The summed E-state index contributed by atoms with van der Waals surface area (Å²) in [4.78, 5) is 26.2. The Morgan fingerprint density at radius 3 is 2.68 bits per heavy atom. The fraction of sp³-hybridized carbons (Fsp3) is 0.130. The highest BCUT2D eigenvalue weighted by atomic mass is 16.5. The topological polar surface area (TPSA) is 66.8 Å². The third-order valence-electron chi connectivity index (χ3n) is 4.38. The Morgan fingerprint density at radius 1 is 1.14 bits per heavy atom. The quantitative estimate of drug-likeness (QED) is 0.807. The number of phenols is 1. The molecule has 1 unspecified atom stereocenters. The molecular formula is C23H21NO4. The van der Waals surface area contributed by atoms with Gasteiger partial charge in [-0.15, -0.1) is 0 Å².